The second kappa shape index (κ2) is 26.7. The van der Waals surface area contributed by atoms with E-state index in [1.54, 1.807) is 0 Å². The van der Waals surface area contributed by atoms with E-state index in [0.717, 1.165) is 27.7 Å². The van der Waals surface area contributed by atoms with Crippen molar-refractivity contribution in [2.75, 3.05) is 13.1 Å². The minimum Gasteiger partial charge on any atom is -0.412 e. The molecule has 0 saturated heterocycles. The minimum atomic E-state index is -0.724. The summed E-state index contributed by atoms with van der Waals surface area (Å²) in [7, 11) is 0. The first-order valence-corrected chi connectivity index (χ1v) is 5.50. The normalized spacial score (nSPS) is 7.77. The Bertz CT molecular complexity index is 334. The van der Waals surface area contributed by atoms with Gasteiger partial charge in [-0.25, -0.2) is 0 Å². The maximum Gasteiger partial charge on any atom is 0.326 e. The van der Waals surface area contributed by atoms with Crippen molar-refractivity contribution >= 4 is 142 Å². The van der Waals surface area contributed by atoms with Crippen LogP contribution in [0.5, 0.6) is 0 Å². The Morgan fingerprint density at radius 3 is 0.808 bits per heavy atom. The zero-order valence-corrected chi connectivity index (χ0v) is 24.6. The van der Waals surface area contributed by atoms with Crippen LogP contribution in [0.3, 0.4) is 0 Å². The molecule has 0 aromatic rings. The van der Waals surface area contributed by atoms with Crippen molar-refractivity contribution in [3.05, 3.63) is 0 Å². The van der Waals surface area contributed by atoms with Crippen LogP contribution < -0.4 is 0 Å². The van der Waals surface area contributed by atoms with Crippen LogP contribution in [0.25, 0.3) is 0 Å². The van der Waals surface area contributed by atoms with Crippen LogP contribution in [0, 0.1) is 0 Å². The van der Waals surface area contributed by atoms with Crippen molar-refractivity contribution in [2.45, 2.75) is 27.7 Å². The second-order valence-corrected chi connectivity index (χ2v) is 3.44. The Kier molecular flexibility index (Phi) is 47.4. The third-order valence-electron chi connectivity index (χ3n) is 1.39. The molecule has 0 spiro atoms. The van der Waals surface area contributed by atoms with E-state index in [2.05, 4.69) is 19.4 Å². The number of hydroxylamine groups is 4. The van der Waals surface area contributed by atoms with Crippen LogP contribution in [-0.2, 0) is 38.5 Å². The van der Waals surface area contributed by atoms with Gasteiger partial charge in [-0.3, -0.25) is 19.2 Å². The summed E-state index contributed by atoms with van der Waals surface area (Å²) in [6, 6.07) is 0. The monoisotopic (exact) mass is 420 g/mol. The molecule has 0 atom stereocenters. The molecule has 26 heavy (non-hydrogen) atoms. The summed E-state index contributed by atoms with van der Waals surface area (Å²) in [5, 5.41) is 1.15. The molecule has 0 amide bonds. The van der Waals surface area contributed by atoms with Crippen molar-refractivity contribution < 1.29 is 49.5 Å². The molecule has 0 unspecified atom stereocenters. The molecule has 4 radical (unpaired) electrons. The molecule has 16 heteroatoms. The summed E-state index contributed by atoms with van der Waals surface area (Å²) in [5.74, 6) is -2.90. The van der Waals surface area contributed by atoms with Crippen molar-refractivity contribution in [1.29, 1.82) is 0 Å². The average molecular weight is 420 g/mol. The third kappa shape index (κ3) is 30.4. The first kappa shape index (κ1) is 46.1. The predicted molar refractivity (Wildman–Crippen MR) is 90.7 cm³/mol. The second-order valence-electron chi connectivity index (χ2n) is 3.44. The number of hydrogen-bond donors (Lipinski definition) is 0. The van der Waals surface area contributed by atoms with Crippen molar-refractivity contribution in [3.63, 3.8) is 0 Å². The molecule has 0 bridgehead atoms. The van der Waals surface area contributed by atoms with Crippen LogP contribution in [0.2, 0.25) is 0 Å². The zero-order valence-electron chi connectivity index (χ0n) is 16.6. The molecule has 0 aliphatic rings. The van der Waals surface area contributed by atoms with Gasteiger partial charge in [0.05, 0.1) is 13.1 Å². The van der Waals surface area contributed by atoms with Gasteiger partial charge >= 0.3 is 23.9 Å². The summed E-state index contributed by atoms with van der Waals surface area (Å²) in [5.41, 5.74) is 0. The van der Waals surface area contributed by atoms with E-state index in [1.165, 1.54) is 0 Å². The molecule has 134 valence electrons. The number of carbonyl (C=O) groups is 4. The van der Waals surface area contributed by atoms with Gasteiger partial charge in [-0.1, -0.05) is 0 Å². The fraction of sp³-hybridized carbons (Fsp3) is 0.600. The van der Waals surface area contributed by atoms with Gasteiger partial charge < -0.3 is 30.3 Å². The fourth-order valence-corrected chi connectivity index (χ4v) is 0.957. The van der Waals surface area contributed by atoms with E-state index >= 15 is 0 Å². The number of carbonyl (C=O) groups excluding carboxylic acids is 4. The Hall–Kier alpha value is 1.72. The summed E-state index contributed by atoms with van der Waals surface area (Å²) in [6.45, 7) is 3.97. The molecule has 0 rings (SSSR count). The van der Waals surface area contributed by atoms with Gasteiger partial charge in [0.15, 0.2) is 0 Å². The molecule has 0 aliphatic heterocycles. The molecule has 0 heterocycles. The van der Waals surface area contributed by atoms with E-state index in [4.69, 9.17) is 0 Å². The number of rotatable bonds is 7. The Labute approximate surface area is 239 Å². The van der Waals surface area contributed by atoms with Crippen molar-refractivity contribution in [1.82, 2.24) is 10.5 Å². The van der Waals surface area contributed by atoms with Crippen LogP contribution in [-0.4, -0.2) is 177 Å². The molecule has 0 saturated carbocycles. The van der Waals surface area contributed by atoms with Gasteiger partial charge in [-0.15, -0.1) is 0 Å². The van der Waals surface area contributed by atoms with Crippen LogP contribution in [0.1, 0.15) is 27.7 Å². The molecule has 0 aliphatic carbocycles. The summed E-state index contributed by atoms with van der Waals surface area (Å²) in [6.07, 6.45) is 0. The van der Waals surface area contributed by atoms with E-state index in [1.807, 2.05) is 0 Å². The minimum absolute atomic E-state index is 0. The molecule has 0 aromatic heterocycles. The smallest absolute Gasteiger partial charge is 0.326 e. The Balaban J connectivity index is -0.000000120. The van der Waals surface area contributed by atoms with Gasteiger partial charge in [0.1, 0.15) is 0 Å². The number of hydrogen-bond acceptors (Lipinski definition) is 10. The average Bonchev–Trinajstić information content (AvgIpc) is 2.22. The van der Waals surface area contributed by atoms with Crippen LogP contribution >= 0.6 is 0 Å². The Morgan fingerprint density at radius 2 is 0.692 bits per heavy atom. The predicted octanol–water partition coefficient (Wildman–Crippen LogP) is -3.67. The maximum atomic E-state index is 10.8. The summed E-state index contributed by atoms with van der Waals surface area (Å²) in [4.78, 5) is 61.4. The van der Waals surface area contributed by atoms with E-state index in [-0.39, 0.29) is 142 Å². The van der Waals surface area contributed by atoms with Gasteiger partial charge in [0.25, 0.3) is 0 Å². The van der Waals surface area contributed by atoms with Crippen molar-refractivity contribution in [2.24, 2.45) is 0 Å². The topological polar surface area (TPSA) is 175 Å². The molecule has 12 nitrogen and oxygen atoms in total. The standard InChI is InChI=1S/C10H16N2O8.4Na.2H2O/c1-7(13)17-11(18-8(2)14)5-6-12(19-9(3)15)20-10(4)16;;;;;;/h5-6H2,1-4H3;;;;;2*1H2. The first-order valence-electron chi connectivity index (χ1n) is 5.50. The van der Waals surface area contributed by atoms with Crippen molar-refractivity contribution in [3.8, 4) is 0 Å². The Morgan fingerprint density at radius 1 is 0.538 bits per heavy atom. The molecule has 0 fully saturated rings. The largest absolute Gasteiger partial charge is 0.412 e. The summed E-state index contributed by atoms with van der Waals surface area (Å²) >= 11 is 0. The van der Waals surface area contributed by atoms with Crippen LogP contribution in [0.15, 0.2) is 0 Å². The number of nitrogens with zero attached hydrogens (tertiary/aromatic N) is 2. The van der Waals surface area contributed by atoms with E-state index < -0.39 is 23.9 Å². The molecule has 4 N–H and O–H groups in total. The SMILES string of the molecule is CC(=O)ON(CCN(OC(C)=O)OC(C)=O)OC(C)=O.O.O.[Na].[Na].[Na].[Na]. The first-order chi connectivity index (χ1) is 9.20. The zero-order chi connectivity index (χ0) is 15.7. The fourth-order valence-electron chi connectivity index (χ4n) is 0.957. The van der Waals surface area contributed by atoms with Gasteiger partial charge in [-0.2, -0.15) is 0 Å². The third-order valence-corrected chi connectivity index (χ3v) is 1.39. The van der Waals surface area contributed by atoms with Crippen LogP contribution in [0.4, 0.5) is 0 Å². The molecule has 0 aromatic carbocycles. The quantitative estimate of drug-likeness (QED) is 0.295. The van der Waals surface area contributed by atoms with E-state index in [9.17, 15) is 19.2 Å². The van der Waals surface area contributed by atoms with Gasteiger partial charge in [0.2, 0.25) is 0 Å². The molecular formula is C10H20N2Na4O10. The van der Waals surface area contributed by atoms with E-state index in [0.29, 0.717) is 10.5 Å². The summed E-state index contributed by atoms with van der Waals surface area (Å²) < 4.78 is 0. The van der Waals surface area contributed by atoms with Gasteiger partial charge in [0, 0.05) is 156 Å². The maximum absolute atomic E-state index is 10.8. The van der Waals surface area contributed by atoms with Gasteiger partial charge in [-0.05, 0) is 0 Å². The molecular weight excluding hydrogens is 400 g/mol.